The van der Waals surface area contributed by atoms with E-state index >= 15 is 0 Å². The van der Waals surface area contributed by atoms with Gasteiger partial charge < -0.3 is 5.11 Å². The zero-order chi connectivity index (χ0) is 19.6. The van der Waals surface area contributed by atoms with Crippen molar-refractivity contribution in [3.63, 3.8) is 0 Å². The molecule has 27 heavy (non-hydrogen) atoms. The highest BCUT2D eigenvalue weighted by Crippen LogP contribution is 2.28. The molecule has 7 heteroatoms. The van der Waals surface area contributed by atoms with E-state index in [1.165, 1.54) is 12.1 Å². The molecular weight excluding hydrogens is 386 g/mol. The summed E-state index contributed by atoms with van der Waals surface area (Å²) in [5, 5.41) is 9.36. The van der Waals surface area contributed by atoms with Crippen molar-refractivity contribution in [1.29, 1.82) is 0 Å². The minimum absolute atomic E-state index is 0.187. The van der Waals surface area contributed by atoms with E-state index in [4.69, 9.17) is 16.7 Å². The summed E-state index contributed by atoms with van der Waals surface area (Å²) in [4.78, 5) is 11.0. The summed E-state index contributed by atoms with van der Waals surface area (Å²) in [6, 6.07) is 9.86. The Morgan fingerprint density at radius 1 is 1.26 bits per heavy atom. The summed E-state index contributed by atoms with van der Waals surface area (Å²) >= 11 is 5.83. The summed E-state index contributed by atoms with van der Waals surface area (Å²) in [6.45, 7) is 1.94. The second-order valence-electron chi connectivity index (χ2n) is 6.68. The highest BCUT2D eigenvalue weighted by Gasteiger charge is 2.25. The van der Waals surface area contributed by atoms with Gasteiger partial charge in [-0.3, -0.25) is 0 Å². The van der Waals surface area contributed by atoms with Gasteiger partial charge in [0.15, 0.2) is 0 Å². The van der Waals surface area contributed by atoms with Gasteiger partial charge >= 0.3 is 5.97 Å². The van der Waals surface area contributed by atoms with E-state index in [9.17, 15) is 13.2 Å². The lowest BCUT2D eigenvalue weighted by Gasteiger charge is -2.27. The number of benzene rings is 2. The van der Waals surface area contributed by atoms with Crippen molar-refractivity contribution in [2.75, 3.05) is 0 Å². The summed E-state index contributed by atoms with van der Waals surface area (Å²) in [6.07, 6.45) is 4.63. The highest BCUT2D eigenvalue weighted by molar-refractivity contribution is 7.89. The van der Waals surface area contributed by atoms with Crippen LogP contribution < -0.4 is 4.72 Å². The third-order valence-electron chi connectivity index (χ3n) is 4.58. The van der Waals surface area contributed by atoms with Gasteiger partial charge in [-0.2, -0.15) is 0 Å². The third kappa shape index (κ3) is 4.77. The first-order chi connectivity index (χ1) is 12.7. The highest BCUT2D eigenvalue weighted by atomic mass is 35.5. The summed E-state index contributed by atoms with van der Waals surface area (Å²) in [5.41, 5.74) is 4.03. The fourth-order valence-corrected chi connectivity index (χ4v) is 4.80. The molecule has 0 heterocycles. The Morgan fingerprint density at radius 3 is 2.63 bits per heavy atom. The van der Waals surface area contributed by atoms with Crippen molar-refractivity contribution in [3.05, 3.63) is 69.8 Å². The number of nitrogens with one attached hydrogen (secondary N) is 1. The molecular formula is C20H20ClNO4S. The number of fused-ring (bicyclic) bond motifs is 1. The minimum atomic E-state index is -3.62. The molecule has 0 saturated heterocycles. The second kappa shape index (κ2) is 7.84. The van der Waals surface area contributed by atoms with Gasteiger partial charge in [0.2, 0.25) is 10.0 Å². The lowest BCUT2D eigenvalue weighted by molar-refractivity contribution is -0.131. The Kier molecular flexibility index (Phi) is 5.69. The van der Waals surface area contributed by atoms with Crippen LogP contribution in [-0.2, 0) is 27.7 Å². The van der Waals surface area contributed by atoms with Crippen LogP contribution in [0.25, 0.3) is 6.08 Å². The van der Waals surface area contributed by atoms with Gasteiger partial charge in [0.1, 0.15) is 0 Å². The van der Waals surface area contributed by atoms with E-state index in [2.05, 4.69) is 4.72 Å². The Labute approximate surface area is 163 Å². The molecule has 1 unspecified atom stereocenters. The first kappa shape index (κ1) is 19.6. The van der Waals surface area contributed by atoms with Crippen molar-refractivity contribution >= 4 is 33.7 Å². The van der Waals surface area contributed by atoms with E-state index in [0.717, 1.165) is 28.3 Å². The van der Waals surface area contributed by atoms with Gasteiger partial charge in [0.05, 0.1) is 4.90 Å². The Morgan fingerprint density at radius 2 is 1.96 bits per heavy atom. The van der Waals surface area contributed by atoms with Crippen molar-refractivity contribution in [2.24, 2.45) is 0 Å². The van der Waals surface area contributed by atoms with Crippen LogP contribution in [-0.4, -0.2) is 25.5 Å². The van der Waals surface area contributed by atoms with Gasteiger partial charge in [-0.25, -0.2) is 17.9 Å². The molecule has 3 rings (SSSR count). The molecule has 142 valence electrons. The van der Waals surface area contributed by atoms with Crippen LogP contribution >= 0.6 is 11.6 Å². The van der Waals surface area contributed by atoms with E-state index in [1.54, 1.807) is 18.2 Å². The number of aliphatic carboxylic acids is 1. The smallest absolute Gasteiger partial charge is 0.328 e. The average Bonchev–Trinajstić information content (AvgIpc) is 2.59. The quantitative estimate of drug-likeness (QED) is 0.744. The maximum absolute atomic E-state index is 12.6. The van der Waals surface area contributed by atoms with Crippen LogP contribution in [0.1, 0.15) is 28.7 Å². The number of halogens is 1. The minimum Gasteiger partial charge on any atom is -0.478 e. The number of carboxylic acids is 1. The van der Waals surface area contributed by atoms with Crippen LogP contribution in [0.2, 0.25) is 5.02 Å². The van der Waals surface area contributed by atoms with E-state index in [0.29, 0.717) is 24.3 Å². The number of carbonyl (C=O) groups is 1. The Balaban J connectivity index is 1.82. The lowest BCUT2D eigenvalue weighted by Crippen LogP contribution is -2.39. The standard InChI is InChI=1S/C20H20ClNO4S/c1-13-10-14(2-9-20(23)24)19-8-5-17(12-15(19)11-13)22-27(25,26)18-6-3-16(21)4-7-18/h2-4,6-7,9-11,17,22H,5,8,12H2,1H3,(H,23,24). The number of rotatable bonds is 5. The second-order valence-corrected chi connectivity index (χ2v) is 8.83. The number of hydrogen-bond acceptors (Lipinski definition) is 3. The van der Waals surface area contributed by atoms with Gasteiger partial charge in [-0.1, -0.05) is 29.3 Å². The van der Waals surface area contributed by atoms with E-state index in [-0.39, 0.29) is 10.9 Å². The molecule has 5 nitrogen and oxygen atoms in total. The maximum Gasteiger partial charge on any atom is 0.328 e. The summed E-state index contributed by atoms with van der Waals surface area (Å²) in [5.74, 6) is -0.991. The van der Waals surface area contributed by atoms with E-state index < -0.39 is 16.0 Å². The average molecular weight is 406 g/mol. The van der Waals surface area contributed by atoms with Crippen LogP contribution in [0.4, 0.5) is 0 Å². The molecule has 2 aromatic rings. The number of carboxylic acid groups (broad SMARTS) is 1. The largest absolute Gasteiger partial charge is 0.478 e. The molecule has 0 aliphatic heterocycles. The van der Waals surface area contributed by atoms with Crippen LogP contribution in [0.15, 0.2) is 47.4 Å². The van der Waals surface area contributed by atoms with Gasteiger partial charge in [0.25, 0.3) is 0 Å². The predicted octanol–water partition coefficient (Wildman–Crippen LogP) is 3.58. The van der Waals surface area contributed by atoms with Crippen molar-refractivity contribution in [1.82, 2.24) is 4.72 Å². The molecule has 0 amide bonds. The van der Waals surface area contributed by atoms with Gasteiger partial charge in [-0.05, 0) is 73.2 Å². The molecule has 2 aromatic carbocycles. The van der Waals surface area contributed by atoms with Crippen LogP contribution in [0.5, 0.6) is 0 Å². The monoisotopic (exact) mass is 405 g/mol. The van der Waals surface area contributed by atoms with Gasteiger partial charge in [0, 0.05) is 17.1 Å². The summed E-state index contributed by atoms with van der Waals surface area (Å²) in [7, 11) is -3.62. The Bertz CT molecular complexity index is 997. The molecule has 0 radical (unpaired) electrons. The molecule has 0 aromatic heterocycles. The molecule has 0 bridgehead atoms. The molecule has 0 spiro atoms. The van der Waals surface area contributed by atoms with Crippen molar-refractivity contribution < 1.29 is 18.3 Å². The molecule has 0 saturated carbocycles. The zero-order valence-electron chi connectivity index (χ0n) is 14.8. The van der Waals surface area contributed by atoms with Crippen LogP contribution in [0.3, 0.4) is 0 Å². The molecule has 0 fully saturated rings. The van der Waals surface area contributed by atoms with Crippen LogP contribution in [0, 0.1) is 6.92 Å². The Hall–Kier alpha value is -2.15. The SMILES string of the molecule is Cc1cc(C=CC(=O)O)c2c(c1)CC(NS(=O)(=O)c1ccc(Cl)cc1)CC2. The zero-order valence-corrected chi connectivity index (χ0v) is 16.3. The number of sulfonamides is 1. The van der Waals surface area contributed by atoms with E-state index in [1.807, 2.05) is 19.1 Å². The maximum atomic E-state index is 12.6. The fraction of sp³-hybridized carbons (Fsp3) is 0.250. The topological polar surface area (TPSA) is 83.5 Å². The molecule has 2 N–H and O–H groups in total. The first-order valence-electron chi connectivity index (χ1n) is 8.56. The molecule has 1 atom stereocenters. The van der Waals surface area contributed by atoms with Gasteiger partial charge in [-0.15, -0.1) is 0 Å². The van der Waals surface area contributed by atoms with Crippen molar-refractivity contribution in [3.8, 4) is 0 Å². The predicted molar refractivity (Wildman–Crippen MR) is 105 cm³/mol. The normalized spacial score (nSPS) is 17.0. The third-order valence-corrected chi connectivity index (χ3v) is 6.37. The molecule has 1 aliphatic carbocycles. The fourth-order valence-electron chi connectivity index (χ4n) is 3.41. The number of aryl methyl sites for hydroxylation is 1. The number of hydrogen-bond donors (Lipinski definition) is 2. The summed E-state index contributed by atoms with van der Waals surface area (Å²) < 4.78 is 28.0. The first-order valence-corrected chi connectivity index (χ1v) is 10.4. The van der Waals surface area contributed by atoms with Crippen molar-refractivity contribution in [2.45, 2.75) is 37.1 Å². The lowest BCUT2D eigenvalue weighted by atomic mass is 9.84. The molecule has 1 aliphatic rings.